The molecule has 25 heavy (non-hydrogen) atoms. The minimum absolute atomic E-state index is 0.0536. The molecule has 1 aliphatic heterocycles. The van der Waals surface area contributed by atoms with Crippen LogP contribution in [0.2, 0.25) is 0 Å². The Hall–Kier alpha value is -2.03. The van der Waals surface area contributed by atoms with Crippen LogP contribution in [0.25, 0.3) is 0 Å². The van der Waals surface area contributed by atoms with Crippen molar-refractivity contribution in [3.05, 3.63) is 24.2 Å². The van der Waals surface area contributed by atoms with E-state index in [1.54, 1.807) is 12.3 Å². The Bertz CT molecular complexity index is 587. The van der Waals surface area contributed by atoms with Crippen LogP contribution in [-0.2, 0) is 16.1 Å². The first kappa shape index (κ1) is 19.3. The minimum atomic E-state index is -4.55. The van der Waals surface area contributed by atoms with Crippen LogP contribution < -0.4 is 10.6 Å². The number of likely N-dealkylation sites (tertiary alicyclic amines) is 1. The van der Waals surface area contributed by atoms with E-state index in [-0.39, 0.29) is 18.4 Å². The third-order valence-corrected chi connectivity index (χ3v) is 3.83. The third-order valence-electron chi connectivity index (χ3n) is 3.83. The molecule has 0 spiro atoms. The van der Waals surface area contributed by atoms with Crippen LogP contribution in [0.4, 0.5) is 13.2 Å². The molecule has 0 radical (unpaired) electrons. The molecule has 1 aliphatic rings. The smallest absolute Gasteiger partial charge is 0.397 e. The second-order valence-corrected chi connectivity index (χ2v) is 6.53. The summed E-state index contributed by atoms with van der Waals surface area (Å²) in [4.78, 5) is 25.7. The summed E-state index contributed by atoms with van der Waals surface area (Å²) in [5.74, 6) is -1.28. The van der Waals surface area contributed by atoms with E-state index in [0.29, 0.717) is 13.1 Å². The van der Waals surface area contributed by atoms with E-state index in [0.717, 1.165) is 5.56 Å². The monoisotopic (exact) mass is 361 g/mol. The van der Waals surface area contributed by atoms with Gasteiger partial charge in [-0.2, -0.15) is 13.2 Å². The zero-order chi connectivity index (χ0) is 18.6. The maximum Gasteiger partial charge on any atom is 0.397 e. The van der Waals surface area contributed by atoms with Crippen molar-refractivity contribution < 1.29 is 27.2 Å². The fourth-order valence-electron chi connectivity index (χ4n) is 2.91. The van der Waals surface area contributed by atoms with Gasteiger partial charge < -0.3 is 15.1 Å². The molecule has 0 aliphatic carbocycles. The fraction of sp³-hybridized carbons (Fsp3) is 0.625. The fourth-order valence-corrected chi connectivity index (χ4v) is 2.91. The molecule has 9 heteroatoms. The maximum absolute atomic E-state index is 12.4. The van der Waals surface area contributed by atoms with Crippen molar-refractivity contribution >= 4 is 11.8 Å². The number of nitrogens with zero attached hydrogens (tertiary/aromatic N) is 1. The van der Waals surface area contributed by atoms with Crippen molar-refractivity contribution in [1.82, 2.24) is 15.5 Å². The second kappa shape index (κ2) is 7.90. The van der Waals surface area contributed by atoms with E-state index in [1.165, 1.54) is 6.26 Å². The van der Waals surface area contributed by atoms with Gasteiger partial charge in [0.15, 0.2) is 0 Å². The molecule has 1 aromatic rings. The minimum Gasteiger partial charge on any atom is -0.472 e. The van der Waals surface area contributed by atoms with Crippen LogP contribution in [0.15, 0.2) is 23.0 Å². The molecule has 1 aromatic heterocycles. The molecule has 2 atom stereocenters. The first-order valence-electron chi connectivity index (χ1n) is 8.05. The number of nitrogens with one attached hydrogen (secondary N) is 2. The Labute approximate surface area is 143 Å². The van der Waals surface area contributed by atoms with Crippen molar-refractivity contribution in [2.75, 3.05) is 6.54 Å². The molecule has 140 valence electrons. The number of carbonyl (C=O) groups excluding carboxylic acids is 2. The van der Waals surface area contributed by atoms with Crippen molar-refractivity contribution in [3.63, 3.8) is 0 Å². The van der Waals surface area contributed by atoms with Crippen molar-refractivity contribution in [2.45, 2.75) is 57.5 Å². The summed E-state index contributed by atoms with van der Waals surface area (Å²) >= 11 is 0. The zero-order valence-corrected chi connectivity index (χ0v) is 14.1. The van der Waals surface area contributed by atoms with Crippen molar-refractivity contribution in [2.24, 2.45) is 0 Å². The lowest BCUT2D eigenvalue weighted by atomic mass is 10.1. The van der Waals surface area contributed by atoms with Gasteiger partial charge in [0.25, 0.3) is 0 Å². The van der Waals surface area contributed by atoms with Crippen LogP contribution in [0.5, 0.6) is 0 Å². The Morgan fingerprint density at radius 2 is 2.12 bits per heavy atom. The predicted molar refractivity (Wildman–Crippen MR) is 83.4 cm³/mol. The van der Waals surface area contributed by atoms with Gasteiger partial charge in [0.05, 0.1) is 18.6 Å². The second-order valence-electron chi connectivity index (χ2n) is 6.53. The van der Waals surface area contributed by atoms with E-state index < -0.39 is 30.6 Å². The van der Waals surface area contributed by atoms with Gasteiger partial charge in [-0.25, -0.2) is 0 Å². The highest BCUT2D eigenvalue weighted by molar-refractivity contribution is 5.83. The highest BCUT2D eigenvalue weighted by Gasteiger charge is 2.39. The molecule has 2 heterocycles. The molecule has 1 fully saturated rings. The molecule has 6 nitrogen and oxygen atoms in total. The summed E-state index contributed by atoms with van der Waals surface area (Å²) in [5.41, 5.74) is 0.851. The number of alkyl halides is 3. The molecule has 2 N–H and O–H groups in total. The van der Waals surface area contributed by atoms with Gasteiger partial charge in [0.2, 0.25) is 11.8 Å². The summed E-state index contributed by atoms with van der Waals surface area (Å²) in [6.07, 6.45) is -2.74. The summed E-state index contributed by atoms with van der Waals surface area (Å²) in [6.45, 7) is 4.37. The van der Waals surface area contributed by atoms with Crippen LogP contribution in [0.3, 0.4) is 0 Å². The first-order valence-corrected chi connectivity index (χ1v) is 8.05. The van der Waals surface area contributed by atoms with Gasteiger partial charge in [-0.15, -0.1) is 0 Å². The molecular formula is C16H22F3N3O3. The Morgan fingerprint density at radius 3 is 2.68 bits per heavy atom. The topological polar surface area (TPSA) is 74.6 Å². The zero-order valence-electron chi connectivity index (χ0n) is 14.1. The number of rotatable bonds is 6. The number of halogens is 3. The van der Waals surface area contributed by atoms with Crippen LogP contribution in [0.1, 0.15) is 32.3 Å². The Kier molecular flexibility index (Phi) is 6.10. The molecule has 2 rings (SSSR count). The number of furan rings is 1. The molecule has 0 bridgehead atoms. The lowest BCUT2D eigenvalue weighted by Gasteiger charge is -2.23. The quantitative estimate of drug-likeness (QED) is 0.811. The summed E-state index contributed by atoms with van der Waals surface area (Å²) in [5, 5.41) is 5.19. The lowest BCUT2D eigenvalue weighted by molar-refractivity contribution is -0.154. The summed E-state index contributed by atoms with van der Waals surface area (Å²) in [7, 11) is 0. The molecule has 0 unspecified atom stereocenters. The Morgan fingerprint density at radius 1 is 1.40 bits per heavy atom. The predicted octanol–water partition coefficient (Wildman–Crippen LogP) is 1.82. The largest absolute Gasteiger partial charge is 0.472 e. The maximum atomic E-state index is 12.4. The molecule has 0 saturated carbocycles. The third kappa shape index (κ3) is 6.08. The number of carbonyl (C=O) groups is 2. The van der Waals surface area contributed by atoms with E-state index in [4.69, 9.17) is 4.42 Å². The normalized spacial score (nSPS) is 21.5. The number of hydrogen-bond donors (Lipinski definition) is 2. The number of hydrogen-bond acceptors (Lipinski definition) is 4. The molecule has 0 aromatic carbocycles. The van der Waals surface area contributed by atoms with Crippen LogP contribution >= 0.6 is 0 Å². The van der Waals surface area contributed by atoms with Gasteiger partial charge >= 0.3 is 6.18 Å². The van der Waals surface area contributed by atoms with E-state index in [2.05, 4.69) is 10.6 Å². The highest BCUT2D eigenvalue weighted by atomic mass is 19.4. The highest BCUT2D eigenvalue weighted by Crippen LogP contribution is 2.23. The lowest BCUT2D eigenvalue weighted by Crippen LogP contribution is -2.45. The van der Waals surface area contributed by atoms with Crippen LogP contribution in [0, 0.1) is 0 Å². The van der Waals surface area contributed by atoms with E-state index >= 15 is 0 Å². The SMILES string of the molecule is CC(C)NC(=O)[C@@H]1C[C@@H](NC(=O)CC(F)(F)F)CN1Cc1ccoc1. The summed E-state index contributed by atoms with van der Waals surface area (Å²) in [6, 6.07) is 0.674. The van der Waals surface area contributed by atoms with Crippen LogP contribution in [-0.4, -0.2) is 47.6 Å². The first-order chi connectivity index (χ1) is 11.6. The van der Waals surface area contributed by atoms with E-state index in [1.807, 2.05) is 18.7 Å². The van der Waals surface area contributed by atoms with Crippen molar-refractivity contribution in [3.8, 4) is 0 Å². The van der Waals surface area contributed by atoms with Gasteiger partial charge in [-0.05, 0) is 26.3 Å². The standard InChI is InChI=1S/C16H22F3N3O3/c1-10(2)20-15(24)13-5-12(21-14(23)6-16(17,18)19)8-22(13)7-11-3-4-25-9-11/h3-4,9-10,12-13H,5-8H2,1-2H3,(H,20,24)(H,21,23)/t12-,13+/m1/s1. The summed E-state index contributed by atoms with van der Waals surface area (Å²) < 4.78 is 41.9. The molecular weight excluding hydrogens is 339 g/mol. The van der Waals surface area contributed by atoms with Gasteiger partial charge in [-0.1, -0.05) is 0 Å². The Balaban J connectivity index is 2.02. The van der Waals surface area contributed by atoms with Gasteiger partial charge in [0, 0.05) is 30.7 Å². The number of amides is 2. The van der Waals surface area contributed by atoms with E-state index in [9.17, 15) is 22.8 Å². The van der Waals surface area contributed by atoms with Crippen molar-refractivity contribution in [1.29, 1.82) is 0 Å². The van der Waals surface area contributed by atoms with Gasteiger partial charge in [-0.3, -0.25) is 14.5 Å². The average Bonchev–Trinajstić information content (AvgIpc) is 3.06. The molecule has 1 saturated heterocycles. The average molecular weight is 361 g/mol. The van der Waals surface area contributed by atoms with Gasteiger partial charge in [0.1, 0.15) is 6.42 Å². The molecule has 2 amide bonds.